The summed E-state index contributed by atoms with van der Waals surface area (Å²) in [7, 11) is 2.56. The zero-order chi connectivity index (χ0) is 17.9. The molecule has 1 aromatic carbocycles. The third-order valence-electron chi connectivity index (χ3n) is 3.35. The molecule has 0 aliphatic carbocycles. The molecule has 0 saturated heterocycles. The molecule has 0 unspecified atom stereocenters. The van der Waals surface area contributed by atoms with Crippen molar-refractivity contribution in [3.8, 4) is 0 Å². The normalized spacial score (nSPS) is 11.7. The van der Waals surface area contributed by atoms with Crippen LogP contribution in [0.4, 0.5) is 8.78 Å². The van der Waals surface area contributed by atoms with Gasteiger partial charge in [-0.05, 0) is 24.3 Å². The first kappa shape index (κ1) is 17.3. The number of esters is 1. The van der Waals surface area contributed by atoms with Crippen LogP contribution in [0.1, 0.15) is 22.0 Å². The molecule has 0 radical (unpaired) electrons. The van der Waals surface area contributed by atoms with Gasteiger partial charge in [0.2, 0.25) is 0 Å². The minimum absolute atomic E-state index is 0.0242. The van der Waals surface area contributed by atoms with Crippen LogP contribution in [0.2, 0.25) is 0 Å². The number of methoxy groups -OCH3 is 1. The van der Waals surface area contributed by atoms with Crippen LogP contribution in [-0.2, 0) is 16.6 Å². The number of aryl methyl sites for hydroxylation is 1. The van der Waals surface area contributed by atoms with Gasteiger partial charge in [-0.15, -0.1) is 0 Å². The number of pyridine rings is 1. The fourth-order valence-corrected chi connectivity index (χ4v) is 2.02. The van der Waals surface area contributed by atoms with Crippen LogP contribution in [0.5, 0.6) is 0 Å². The number of halogens is 2. The first-order chi connectivity index (χ1) is 11.3. The Morgan fingerprint density at radius 1 is 1.21 bits per heavy atom. The van der Waals surface area contributed by atoms with Gasteiger partial charge in [-0.1, -0.05) is 0 Å². The molecule has 2 rings (SSSR count). The summed E-state index contributed by atoms with van der Waals surface area (Å²) < 4.78 is 33.0. The van der Waals surface area contributed by atoms with Crippen molar-refractivity contribution < 1.29 is 23.1 Å². The van der Waals surface area contributed by atoms with E-state index in [0.717, 1.165) is 31.4 Å². The molecule has 6 nitrogen and oxygen atoms in total. The van der Waals surface area contributed by atoms with Crippen LogP contribution in [0.25, 0.3) is 0 Å². The second-order valence-corrected chi connectivity index (χ2v) is 4.96. The van der Waals surface area contributed by atoms with Crippen LogP contribution in [0, 0.1) is 11.6 Å². The molecule has 0 fully saturated rings. The Morgan fingerprint density at radius 3 is 2.54 bits per heavy atom. The SMILES string of the molecule is COC(=O)[C@@H](NC(=O)c1ccn(C)c(=O)c1)c1cc(F)ccc1F. The molecule has 2 aromatic rings. The Labute approximate surface area is 135 Å². The maximum atomic E-state index is 13.9. The number of amides is 1. The molecule has 0 aliphatic heterocycles. The zero-order valence-corrected chi connectivity index (χ0v) is 12.9. The number of benzene rings is 1. The van der Waals surface area contributed by atoms with Gasteiger partial charge >= 0.3 is 5.97 Å². The number of hydrogen-bond donors (Lipinski definition) is 1. The number of rotatable bonds is 4. The maximum absolute atomic E-state index is 13.9. The molecule has 8 heteroatoms. The van der Waals surface area contributed by atoms with Crippen LogP contribution in [0.15, 0.2) is 41.3 Å². The fourth-order valence-electron chi connectivity index (χ4n) is 2.02. The zero-order valence-electron chi connectivity index (χ0n) is 12.9. The summed E-state index contributed by atoms with van der Waals surface area (Å²) in [6.45, 7) is 0. The van der Waals surface area contributed by atoms with Crippen molar-refractivity contribution in [3.05, 3.63) is 69.6 Å². The highest BCUT2D eigenvalue weighted by atomic mass is 19.1. The van der Waals surface area contributed by atoms with E-state index >= 15 is 0 Å². The summed E-state index contributed by atoms with van der Waals surface area (Å²) in [6.07, 6.45) is 1.37. The molecule has 0 bridgehead atoms. The molecule has 0 spiro atoms. The van der Waals surface area contributed by atoms with Gasteiger partial charge in [0, 0.05) is 30.4 Å². The van der Waals surface area contributed by atoms with Gasteiger partial charge in [0.15, 0.2) is 6.04 Å². The molecule has 1 aromatic heterocycles. The Morgan fingerprint density at radius 2 is 1.92 bits per heavy atom. The molecule has 1 heterocycles. The van der Waals surface area contributed by atoms with Crippen molar-refractivity contribution >= 4 is 11.9 Å². The topological polar surface area (TPSA) is 77.4 Å². The number of carbonyl (C=O) groups excluding carboxylic acids is 2. The van der Waals surface area contributed by atoms with Crippen LogP contribution >= 0.6 is 0 Å². The number of ether oxygens (including phenoxy) is 1. The van der Waals surface area contributed by atoms with Gasteiger partial charge in [-0.3, -0.25) is 9.59 Å². The van der Waals surface area contributed by atoms with Gasteiger partial charge in [0.1, 0.15) is 11.6 Å². The van der Waals surface area contributed by atoms with Gasteiger partial charge < -0.3 is 14.6 Å². The molecule has 1 amide bonds. The third kappa shape index (κ3) is 3.65. The molecule has 1 atom stereocenters. The quantitative estimate of drug-likeness (QED) is 0.854. The van der Waals surface area contributed by atoms with Crippen molar-refractivity contribution in [2.45, 2.75) is 6.04 Å². The van der Waals surface area contributed by atoms with E-state index in [1.807, 2.05) is 0 Å². The minimum atomic E-state index is -1.55. The summed E-state index contributed by atoms with van der Waals surface area (Å²) in [5, 5.41) is 2.25. The van der Waals surface area contributed by atoms with E-state index in [-0.39, 0.29) is 11.1 Å². The van der Waals surface area contributed by atoms with Gasteiger partial charge in [-0.2, -0.15) is 0 Å². The minimum Gasteiger partial charge on any atom is -0.467 e. The molecule has 1 N–H and O–H groups in total. The Balaban J connectivity index is 2.37. The fraction of sp³-hybridized carbons (Fsp3) is 0.188. The Bertz CT molecular complexity index is 848. The van der Waals surface area contributed by atoms with Gasteiger partial charge in [-0.25, -0.2) is 13.6 Å². The predicted molar refractivity (Wildman–Crippen MR) is 80.3 cm³/mol. The summed E-state index contributed by atoms with van der Waals surface area (Å²) in [6, 6.07) is 3.38. The lowest BCUT2D eigenvalue weighted by Crippen LogP contribution is -2.35. The lowest BCUT2D eigenvalue weighted by Gasteiger charge is -2.17. The summed E-state index contributed by atoms with van der Waals surface area (Å²) in [5.74, 6) is -3.43. The van der Waals surface area contributed by atoms with E-state index < -0.39 is 35.1 Å². The molecule has 24 heavy (non-hydrogen) atoms. The van der Waals surface area contributed by atoms with Crippen LogP contribution in [-0.4, -0.2) is 23.6 Å². The summed E-state index contributed by atoms with van der Waals surface area (Å²) in [4.78, 5) is 35.7. The van der Waals surface area contributed by atoms with Crippen molar-refractivity contribution in [1.82, 2.24) is 9.88 Å². The van der Waals surface area contributed by atoms with Gasteiger partial charge in [0.05, 0.1) is 7.11 Å². The summed E-state index contributed by atoms with van der Waals surface area (Å²) in [5.41, 5.74) is -0.836. The number of hydrogen-bond acceptors (Lipinski definition) is 4. The first-order valence-corrected chi connectivity index (χ1v) is 6.84. The van der Waals surface area contributed by atoms with Crippen molar-refractivity contribution in [1.29, 1.82) is 0 Å². The van der Waals surface area contributed by atoms with E-state index in [2.05, 4.69) is 10.1 Å². The predicted octanol–water partition coefficient (Wildman–Crippen LogP) is 1.31. The highest BCUT2D eigenvalue weighted by Gasteiger charge is 2.27. The largest absolute Gasteiger partial charge is 0.467 e. The lowest BCUT2D eigenvalue weighted by molar-refractivity contribution is -0.143. The van der Waals surface area contributed by atoms with Crippen molar-refractivity contribution in [2.24, 2.45) is 7.05 Å². The molecular formula is C16H14F2N2O4. The number of aromatic nitrogens is 1. The smallest absolute Gasteiger partial charge is 0.333 e. The monoisotopic (exact) mass is 336 g/mol. The van der Waals surface area contributed by atoms with E-state index in [4.69, 9.17) is 0 Å². The standard InChI is InChI=1S/C16H14F2N2O4/c1-20-6-5-9(7-13(20)21)15(22)19-14(16(23)24-2)11-8-10(17)3-4-12(11)18/h3-8,14H,1-2H3,(H,19,22)/t14-/m0/s1. The average Bonchev–Trinajstić information content (AvgIpc) is 2.56. The maximum Gasteiger partial charge on any atom is 0.333 e. The van der Waals surface area contributed by atoms with E-state index in [1.165, 1.54) is 23.9 Å². The Hall–Kier alpha value is -3.03. The third-order valence-corrected chi connectivity index (χ3v) is 3.35. The highest BCUT2D eigenvalue weighted by molar-refractivity contribution is 5.96. The highest BCUT2D eigenvalue weighted by Crippen LogP contribution is 2.20. The molecule has 126 valence electrons. The number of carbonyl (C=O) groups is 2. The van der Waals surface area contributed by atoms with Crippen LogP contribution in [0.3, 0.4) is 0 Å². The van der Waals surface area contributed by atoms with Crippen molar-refractivity contribution in [3.63, 3.8) is 0 Å². The summed E-state index contributed by atoms with van der Waals surface area (Å²) >= 11 is 0. The van der Waals surface area contributed by atoms with E-state index in [1.54, 1.807) is 0 Å². The van der Waals surface area contributed by atoms with E-state index in [0.29, 0.717) is 0 Å². The van der Waals surface area contributed by atoms with E-state index in [9.17, 15) is 23.2 Å². The lowest BCUT2D eigenvalue weighted by atomic mass is 10.1. The Kier molecular flexibility index (Phi) is 5.08. The van der Waals surface area contributed by atoms with Gasteiger partial charge in [0.25, 0.3) is 11.5 Å². The molecule has 0 aliphatic rings. The number of nitrogens with one attached hydrogen (secondary N) is 1. The second kappa shape index (κ2) is 7.03. The van der Waals surface area contributed by atoms with Crippen molar-refractivity contribution in [2.75, 3.05) is 7.11 Å². The molecular weight excluding hydrogens is 322 g/mol. The first-order valence-electron chi connectivity index (χ1n) is 6.84. The molecule has 0 saturated carbocycles. The average molecular weight is 336 g/mol. The van der Waals surface area contributed by atoms with Crippen LogP contribution < -0.4 is 10.9 Å². The number of nitrogens with zero attached hydrogens (tertiary/aromatic N) is 1. The second-order valence-electron chi connectivity index (χ2n) is 4.96.